The number of aryl methyl sites for hydroxylation is 2. The van der Waals surface area contributed by atoms with Crippen LogP contribution in [0.15, 0.2) is 67.0 Å². The SMILES string of the molecule is Cc1ccccc1Oc1nccnc1N1CCC[C@@H](C(=O)NCCCc2ccccc2)C1. The molecule has 3 aromatic rings. The van der Waals surface area contributed by atoms with Gasteiger partial charge in [-0.15, -0.1) is 0 Å². The molecule has 0 saturated carbocycles. The van der Waals surface area contributed by atoms with Crippen LogP contribution in [0.2, 0.25) is 0 Å². The van der Waals surface area contributed by atoms with Crippen molar-refractivity contribution >= 4 is 11.7 Å². The molecule has 2 heterocycles. The molecule has 2 aromatic carbocycles. The maximum atomic E-state index is 12.8. The van der Waals surface area contributed by atoms with Crippen LogP contribution in [0.1, 0.15) is 30.4 Å². The Morgan fingerprint density at radius 3 is 2.72 bits per heavy atom. The molecule has 0 radical (unpaired) electrons. The summed E-state index contributed by atoms with van der Waals surface area (Å²) >= 11 is 0. The highest BCUT2D eigenvalue weighted by molar-refractivity contribution is 5.79. The number of aromatic nitrogens is 2. The summed E-state index contributed by atoms with van der Waals surface area (Å²) in [5, 5.41) is 3.12. The average Bonchev–Trinajstić information content (AvgIpc) is 2.84. The number of piperidine rings is 1. The normalized spacial score (nSPS) is 15.9. The molecule has 1 amide bonds. The van der Waals surface area contributed by atoms with Gasteiger partial charge in [0.15, 0.2) is 5.82 Å². The zero-order valence-electron chi connectivity index (χ0n) is 18.5. The highest BCUT2D eigenvalue weighted by Crippen LogP contribution is 2.32. The lowest BCUT2D eigenvalue weighted by Crippen LogP contribution is -2.43. The van der Waals surface area contributed by atoms with Gasteiger partial charge in [0.1, 0.15) is 5.75 Å². The molecule has 1 N–H and O–H groups in total. The fourth-order valence-corrected chi connectivity index (χ4v) is 4.06. The van der Waals surface area contributed by atoms with Crippen LogP contribution in [-0.4, -0.2) is 35.5 Å². The maximum Gasteiger partial charge on any atom is 0.263 e. The van der Waals surface area contributed by atoms with Gasteiger partial charge in [0.05, 0.1) is 5.92 Å². The van der Waals surface area contributed by atoms with Crippen LogP contribution < -0.4 is 15.0 Å². The Morgan fingerprint density at radius 1 is 1.09 bits per heavy atom. The minimum atomic E-state index is -0.0613. The lowest BCUT2D eigenvalue weighted by atomic mass is 9.97. The van der Waals surface area contributed by atoms with E-state index in [0.29, 0.717) is 24.8 Å². The van der Waals surface area contributed by atoms with Gasteiger partial charge in [-0.2, -0.15) is 0 Å². The molecule has 4 rings (SSSR count). The molecule has 166 valence electrons. The Balaban J connectivity index is 1.34. The summed E-state index contributed by atoms with van der Waals surface area (Å²) in [5.41, 5.74) is 2.34. The van der Waals surface area contributed by atoms with Crippen molar-refractivity contribution in [3.8, 4) is 11.6 Å². The summed E-state index contributed by atoms with van der Waals surface area (Å²) in [6.07, 6.45) is 7.03. The quantitative estimate of drug-likeness (QED) is 0.532. The van der Waals surface area contributed by atoms with Gasteiger partial charge in [0.2, 0.25) is 5.91 Å². The number of amides is 1. The third kappa shape index (κ3) is 5.63. The molecule has 0 spiro atoms. The molecule has 32 heavy (non-hydrogen) atoms. The maximum absolute atomic E-state index is 12.8. The first kappa shape index (κ1) is 21.8. The molecule has 1 aliphatic rings. The molecule has 6 nitrogen and oxygen atoms in total. The van der Waals surface area contributed by atoms with E-state index in [4.69, 9.17) is 4.74 Å². The van der Waals surface area contributed by atoms with Crippen molar-refractivity contribution in [1.82, 2.24) is 15.3 Å². The van der Waals surface area contributed by atoms with E-state index >= 15 is 0 Å². The molecule has 0 aliphatic carbocycles. The Hall–Kier alpha value is -3.41. The number of nitrogens with one attached hydrogen (secondary N) is 1. The molecule has 1 atom stereocenters. The van der Waals surface area contributed by atoms with E-state index < -0.39 is 0 Å². The molecule has 0 bridgehead atoms. The number of carbonyl (C=O) groups is 1. The van der Waals surface area contributed by atoms with E-state index in [1.807, 2.05) is 49.4 Å². The largest absolute Gasteiger partial charge is 0.436 e. The van der Waals surface area contributed by atoms with Crippen LogP contribution in [0.3, 0.4) is 0 Å². The van der Waals surface area contributed by atoms with Gasteiger partial charge in [-0.05, 0) is 49.8 Å². The highest BCUT2D eigenvalue weighted by Gasteiger charge is 2.28. The minimum Gasteiger partial charge on any atom is -0.436 e. The second kappa shape index (κ2) is 10.8. The zero-order valence-corrected chi connectivity index (χ0v) is 18.5. The summed E-state index contributed by atoms with van der Waals surface area (Å²) in [4.78, 5) is 23.9. The van der Waals surface area contributed by atoms with Crippen LogP contribution in [-0.2, 0) is 11.2 Å². The van der Waals surface area contributed by atoms with Crippen molar-refractivity contribution in [2.24, 2.45) is 5.92 Å². The summed E-state index contributed by atoms with van der Waals surface area (Å²) in [5.74, 6) is 1.99. The summed E-state index contributed by atoms with van der Waals surface area (Å²) < 4.78 is 6.09. The van der Waals surface area contributed by atoms with Crippen molar-refractivity contribution in [2.75, 3.05) is 24.5 Å². The first-order valence-electron chi connectivity index (χ1n) is 11.3. The Morgan fingerprint density at radius 2 is 1.88 bits per heavy atom. The van der Waals surface area contributed by atoms with Crippen molar-refractivity contribution in [1.29, 1.82) is 0 Å². The standard InChI is InChI=1S/C26H30N4O2/c1-20-9-5-6-14-23(20)32-26-24(27-16-17-29-26)30-18-8-13-22(19-30)25(31)28-15-7-12-21-10-3-2-4-11-21/h2-6,9-11,14,16-17,22H,7-8,12-13,15,18-19H2,1H3,(H,28,31)/t22-/m1/s1. The van der Waals surface area contributed by atoms with Crippen molar-refractivity contribution in [2.45, 2.75) is 32.6 Å². The van der Waals surface area contributed by atoms with Gasteiger partial charge >= 0.3 is 0 Å². The summed E-state index contributed by atoms with van der Waals surface area (Å²) in [6.45, 7) is 4.15. The Kier molecular flexibility index (Phi) is 7.33. The predicted molar refractivity (Wildman–Crippen MR) is 126 cm³/mol. The van der Waals surface area contributed by atoms with Crippen molar-refractivity contribution in [3.05, 3.63) is 78.1 Å². The Bertz CT molecular complexity index is 1030. The molecular weight excluding hydrogens is 400 g/mol. The second-order valence-electron chi connectivity index (χ2n) is 8.22. The first-order chi connectivity index (χ1) is 15.7. The zero-order chi connectivity index (χ0) is 22.2. The van der Waals surface area contributed by atoms with Gasteiger partial charge in [0.25, 0.3) is 5.88 Å². The fourth-order valence-electron chi connectivity index (χ4n) is 4.06. The second-order valence-corrected chi connectivity index (χ2v) is 8.22. The van der Waals surface area contributed by atoms with Crippen molar-refractivity contribution in [3.63, 3.8) is 0 Å². The Labute approximate surface area is 189 Å². The van der Waals surface area contributed by atoms with Crippen LogP contribution >= 0.6 is 0 Å². The van der Waals surface area contributed by atoms with E-state index in [0.717, 1.165) is 43.5 Å². The topological polar surface area (TPSA) is 67.4 Å². The van der Waals surface area contributed by atoms with E-state index in [2.05, 4.69) is 32.3 Å². The molecule has 1 aromatic heterocycles. The minimum absolute atomic E-state index is 0.0613. The number of para-hydroxylation sites is 1. The number of nitrogens with zero attached hydrogens (tertiary/aromatic N) is 3. The van der Waals surface area contributed by atoms with Crippen LogP contribution in [0.5, 0.6) is 11.6 Å². The average molecular weight is 431 g/mol. The van der Waals surface area contributed by atoms with Crippen LogP contribution in [0, 0.1) is 12.8 Å². The smallest absolute Gasteiger partial charge is 0.263 e. The third-order valence-electron chi connectivity index (χ3n) is 5.82. The van der Waals surface area contributed by atoms with Gasteiger partial charge in [0, 0.05) is 32.0 Å². The van der Waals surface area contributed by atoms with Crippen molar-refractivity contribution < 1.29 is 9.53 Å². The summed E-state index contributed by atoms with van der Waals surface area (Å²) in [7, 11) is 0. The fraction of sp³-hybridized carbons (Fsp3) is 0.346. The van der Waals surface area contributed by atoms with Crippen LogP contribution in [0.4, 0.5) is 5.82 Å². The first-order valence-corrected chi connectivity index (χ1v) is 11.3. The number of rotatable bonds is 8. The van der Waals surface area contributed by atoms with Gasteiger partial charge < -0.3 is 15.0 Å². The lowest BCUT2D eigenvalue weighted by Gasteiger charge is -2.33. The van der Waals surface area contributed by atoms with E-state index in [-0.39, 0.29) is 11.8 Å². The molecule has 1 aliphatic heterocycles. The van der Waals surface area contributed by atoms with Gasteiger partial charge in [-0.25, -0.2) is 9.97 Å². The van der Waals surface area contributed by atoms with Gasteiger partial charge in [-0.1, -0.05) is 48.5 Å². The number of hydrogen-bond donors (Lipinski definition) is 1. The molecule has 1 fully saturated rings. The number of hydrogen-bond acceptors (Lipinski definition) is 5. The molecule has 1 saturated heterocycles. The number of anilines is 1. The third-order valence-corrected chi connectivity index (χ3v) is 5.82. The van der Waals surface area contributed by atoms with E-state index in [1.54, 1.807) is 12.4 Å². The molecule has 6 heteroatoms. The molecular formula is C26H30N4O2. The number of carbonyl (C=O) groups excluding carboxylic acids is 1. The molecule has 0 unspecified atom stereocenters. The lowest BCUT2D eigenvalue weighted by molar-refractivity contribution is -0.125. The summed E-state index contributed by atoms with van der Waals surface area (Å²) in [6, 6.07) is 18.2. The van der Waals surface area contributed by atoms with E-state index in [1.165, 1.54) is 5.56 Å². The van der Waals surface area contributed by atoms with E-state index in [9.17, 15) is 4.79 Å². The predicted octanol–water partition coefficient (Wildman–Crippen LogP) is 4.54. The van der Waals surface area contributed by atoms with Crippen LogP contribution in [0.25, 0.3) is 0 Å². The van der Waals surface area contributed by atoms with Gasteiger partial charge in [-0.3, -0.25) is 4.79 Å². The number of ether oxygens (including phenoxy) is 1. The number of benzene rings is 2. The highest BCUT2D eigenvalue weighted by atomic mass is 16.5. The monoisotopic (exact) mass is 430 g/mol.